The van der Waals surface area contributed by atoms with Crippen LogP contribution < -0.4 is 16.2 Å². The molecule has 0 spiro atoms. The van der Waals surface area contributed by atoms with Gasteiger partial charge in [-0.05, 0) is 30.0 Å². The number of hydrogen-bond acceptors (Lipinski definition) is 4. The second-order valence-corrected chi connectivity index (χ2v) is 7.90. The second-order valence-electron chi connectivity index (χ2n) is 7.05. The summed E-state index contributed by atoms with van der Waals surface area (Å²) in [5.74, 6) is 0.397. The highest BCUT2D eigenvalue weighted by Crippen LogP contribution is 2.21. The summed E-state index contributed by atoms with van der Waals surface area (Å²) in [7, 11) is 0. The Kier molecular flexibility index (Phi) is 7.14. The highest BCUT2D eigenvalue weighted by atomic mass is 32.2. The number of thioether (sulfide) groups is 1. The molecule has 1 heterocycles. The molecule has 0 radical (unpaired) electrons. The minimum atomic E-state index is 0.0475. The first kappa shape index (κ1) is 20.0. The average Bonchev–Trinajstić information content (AvgIpc) is 2.69. The Labute approximate surface area is 170 Å². The molecule has 1 aliphatic rings. The van der Waals surface area contributed by atoms with Crippen LogP contribution in [0.25, 0.3) is 5.70 Å². The van der Waals surface area contributed by atoms with Crippen LogP contribution in [0.15, 0.2) is 65.0 Å². The van der Waals surface area contributed by atoms with Crippen LogP contribution in [-0.4, -0.2) is 17.6 Å². The van der Waals surface area contributed by atoms with Crippen molar-refractivity contribution in [1.29, 1.82) is 0 Å². The predicted octanol–water partition coefficient (Wildman–Crippen LogP) is 4.41. The van der Waals surface area contributed by atoms with Gasteiger partial charge >= 0.3 is 0 Å². The molecule has 1 amide bonds. The molecular weight excluding hydrogens is 368 g/mol. The fraction of sp³-hybridized carbons (Fsp3) is 0.273. The molecule has 0 atom stereocenters. The number of amides is 1. The van der Waals surface area contributed by atoms with Crippen LogP contribution in [0.2, 0.25) is 0 Å². The topological polar surface area (TPSA) is 65.5 Å². The zero-order chi connectivity index (χ0) is 19.8. The van der Waals surface area contributed by atoms with Crippen LogP contribution >= 0.6 is 11.8 Å². The lowest BCUT2D eigenvalue weighted by atomic mass is 10.1. The lowest BCUT2D eigenvalue weighted by Crippen LogP contribution is -2.37. The number of carbonyl (C=O) groups excluding carboxylic acids is 1. The number of amidine groups is 1. The molecule has 146 valence electrons. The first-order valence-corrected chi connectivity index (χ1v) is 10.4. The predicted molar refractivity (Wildman–Crippen MR) is 119 cm³/mol. The molecule has 0 aromatic heterocycles. The van der Waals surface area contributed by atoms with E-state index in [9.17, 15) is 4.79 Å². The third-order valence-electron chi connectivity index (χ3n) is 4.16. The van der Waals surface area contributed by atoms with Gasteiger partial charge in [-0.1, -0.05) is 68.1 Å². The number of anilines is 1. The number of hydrogen-bond donors (Lipinski definition) is 3. The van der Waals surface area contributed by atoms with Gasteiger partial charge in [0.05, 0.1) is 5.70 Å². The molecule has 0 saturated carbocycles. The Hall–Kier alpha value is -2.73. The van der Waals surface area contributed by atoms with Crippen LogP contribution in [0.4, 0.5) is 5.69 Å². The Bertz CT molecular complexity index is 845. The molecule has 0 saturated heterocycles. The molecule has 0 aliphatic carbocycles. The van der Waals surface area contributed by atoms with Gasteiger partial charge in [-0.3, -0.25) is 20.6 Å². The third kappa shape index (κ3) is 6.16. The largest absolute Gasteiger partial charge is 0.326 e. The minimum absolute atomic E-state index is 0.0475. The zero-order valence-electron chi connectivity index (χ0n) is 16.2. The first-order chi connectivity index (χ1) is 13.6. The van der Waals surface area contributed by atoms with E-state index in [-0.39, 0.29) is 5.91 Å². The average molecular weight is 395 g/mol. The molecule has 3 rings (SSSR count). The quantitative estimate of drug-likeness (QED) is 0.651. The van der Waals surface area contributed by atoms with Crippen molar-refractivity contribution < 1.29 is 4.79 Å². The van der Waals surface area contributed by atoms with E-state index in [4.69, 9.17) is 0 Å². The van der Waals surface area contributed by atoms with Gasteiger partial charge in [0.2, 0.25) is 5.91 Å². The number of rotatable bonds is 7. The Morgan fingerprint density at radius 3 is 2.46 bits per heavy atom. The molecule has 2 aromatic carbocycles. The van der Waals surface area contributed by atoms with Gasteiger partial charge < -0.3 is 5.32 Å². The molecule has 0 fully saturated rings. The molecule has 6 heteroatoms. The van der Waals surface area contributed by atoms with Crippen molar-refractivity contribution in [3.05, 3.63) is 71.1 Å². The van der Waals surface area contributed by atoms with Gasteiger partial charge in [0.25, 0.3) is 0 Å². The smallest absolute Gasteiger partial charge is 0.224 e. The van der Waals surface area contributed by atoms with Crippen molar-refractivity contribution in [2.45, 2.75) is 26.7 Å². The van der Waals surface area contributed by atoms with E-state index < -0.39 is 0 Å². The maximum absolute atomic E-state index is 11.9. The number of aliphatic imine (C=N–C) groups is 1. The van der Waals surface area contributed by atoms with Gasteiger partial charge in [0.15, 0.2) is 5.17 Å². The molecule has 5 nitrogen and oxygen atoms in total. The summed E-state index contributed by atoms with van der Waals surface area (Å²) < 4.78 is 0. The van der Waals surface area contributed by atoms with Crippen molar-refractivity contribution in [3.8, 4) is 0 Å². The highest BCUT2D eigenvalue weighted by Gasteiger charge is 2.10. The summed E-state index contributed by atoms with van der Waals surface area (Å²) in [5.41, 5.74) is 10.5. The van der Waals surface area contributed by atoms with Crippen molar-refractivity contribution >= 4 is 34.2 Å². The number of carbonyl (C=O) groups is 1. The molecule has 2 aromatic rings. The monoisotopic (exact) mass is 394 g/mol. The van der Waals surface area contributed by atoms with Gasteiger partial charge in [-0.2, -0.15) is 0 Å². The first-order valence-electron chi connectivity index (χ1n) is 9.47. The van der Waals surface area contributed by atoms with E-state index in [0.29, 0.717) is 12.3 Å². The molecule has 0 unspecified atom stereocenters. The van der Waals surface area contributed by atoms with Gasteiger partial charge in [0.1, 0.15) is 0 Å². The Morgan fingerprint density at radius 2 is 1.82 bits per heavy atom. The van der Waals surface area contributed by atoms with Crippen LogP contribution in [0, 0.1) is 5.92 Å². The van der Waals surface area contributed by atoms with Crippen LogP contribution in [0.5, 0.6) is 0 Å². The number of nitrogens with zero attached hydrogens (tertiary/aromatic N) is 1. The van der Waals surface area contributed by atoms with Crippen molar-refractivity contribution in [2.75, 3.05) is 11.9 Å². The van der Waals surface area contributed by atoms with E-state index in [1.165, 1.54) is 5.56 Å². The third-order valence-corrected chi connectivity index (χ3v) is 4.97. The summed E-state index contributed by atoms with van der Waals surface area (Å²) >= 11 is 1.57. The second kappa shape index (κ2) is 9.99. The maximum atomic E-state index is 11.9. The summed E-state index contributed by atoms with van der Waals surface area (Å²) in [4.78, 5) is 16.5. The fourth-order valence-corrected chi connectivity index (χ4v) is 3.46. The summed E-state index contributed by atoms with van der Waals surface area (Å²) in [6, 6.07) is 18.2. The lowest BCUT2D eigenvalue weighted by molar-refractivity contribution is -0.116. The number of hydrazine groups is 1. The highest BCUT2D eigenvalue weighted by molar-refractivity contribution is 8.16. The van der Waals surface area contributed by atoms with E-state index in [1.54, 1.807) is 11.8 Å². The summed E-state index contributed by atoms with van der Waals surface area (Å²) in [5, 5.41) is 5.83. The standard InChI is InChI=1S/C22H26N4OS/c1-16(2)14-21(27)24-19-10-8-18(9-11-19)20-15-28-22(26-25-20)23-13-12-17-6-4-3-5-7-17/h3-11,15-16,25H,12-14H2,1-2H3,(H,23,26)(H,24,27). The minimum Gasteiger partial charge on any atom is -0.326 e. The Balaban J connectivity index is 1.51. The van der Waals surface area contributed by atoms with Crippen LogP contribution in [0.1, 0.15) is 31.4 Å². The number of benzene rings is 2. The van der Waals surface area contributed by atoms with Gasteiger partial charge in [-0.15, -0.1) is 0 Å². The van der Waals surface area contributed by atoms with E-state index >= 15 is 0 Å². The molecule has 3 N–H and O–H groups in total. The zero-order valence-corrected chi connectivity index (χ0v) is 17.1. The van der Waals surface area contributed by atoms with E-state index in [0.717, 1.165) is 35.1 Å². The summed E-state index contributed by atoms with van der Waals surface area (Å²) in [6.45, 7) is 4.82. The molecule has 28 heavy (non-hydrogen) atoms. The van der Waals surface area contributed by atoms with Crippen molar-refractivity contribution in [3.63, 3.8) is 0 Å². The molecule has 0 bridgehead atoms. The van der Waals surface area contributed by atoms with E-state index in [1.807, 2.05) is 61.7 Å². The van der Waals surface area contributed by atoms with Crippen LogP contribution in [-0.2, 0) is 11.2 Å². The fourth-order valence-electron chi connectivity index (χ4n) is 2.76. The van der Waals surface area contributed by atoms with Crippen molar-refractivity contribution in [2.24, 2.45) is 10.9 Å². The van der Waals surface area contributed by atoms with Gasteiger partial charge in [0, 0.05) is 29.6 Å². The van der Waals surface area contributed by atoms with Crippen LogP contribution in [0.3, 0.4) is 0 Å². The number of nitrogens with one attached hydrogen (secondary N) is 3. The summed E-state index contributed by atoms with van der Waals surface area (Å²) in [6.07, 6.45) is 1.45. The van der Waals surface area contributed by atoms with Gasteiger partial charge in [-0.25, -0.2) is 0 Å². The molecule has 1 aliphatic heterocycles. The normalized spacial score (nSPS) is 15.0. The van der Waals surface area contributed by atoms with Crippen molar-refractivity contribution in [1.82, 2.24) is 10.9 Å². The lowest BCUT2D eigenvalue weighted by Gasteiger charge is -2.19. The van der Waals surface area contributed by atoms with E-state index in [2.05, 4.69) is 33.3 Å². The Morgan fingerprint density at radius 1 is 1.07 bits per heavy atom. The molecular formula is C22H26N4OS. The SMILES string of the molecule is CC(C)CC(=O)Nc1ccc(C2=CSC(=NCCc3ccccc3)NN2)cc1. The maximum Gasteiger partial charge on any atom is 0.224 e.